The zero-order chi connectivity index (χ0) is 11.8. The van der Waals surface area contributed by atoms with Gasteiger partial charge in [0, 0.05) is 25.5 Å². The molecule has 1 N–H and O–H groups in total. The number of fused-ring (bicyclic) bond motifs is 1. The summed E-state index contributed by atoms with van der Waals surface area (Å²) in [4.78, 5) is 6.55. The molecule has 0 spiro atoms. The molecule has 6 nitrogen and oxygen atoms in total. The van der Waals surface area contributed by atoms with E-state index < -0.39 is 0 Å². The smallest absolute Gasteiger partial charge is 0.203 e. The summed E-state index contributed by atoms with van der Waals surface area (Å²) >= 11 is 0. The average molecular weight is 233 g/mol. The van der Waals surface area contributed by atoms with Crippen LogP contribution in [0.2, 0.25) is 0 Å². The first-order chi connectivity index (χ1) is 8.25. The van der Waals surface area contributed by atoms with Gasteiger partial charge in [-0.15, -0.1) is 10.2 Å². The van der Waals surface area contributed by atoms with Gasteiger partial charge in [-0.2, -0.15) is 0 Å². The predicted molar refractivity (Wildman–Crippen MR) is 62.8 cm³/mol. The van der Waals surface area contributed by atoms with Crippen molar-refractivity contribution in [2.75, 3.05) is 18.0 Å². The van der Waals surface area contributed by atoms with Crippen LogP contribution in [-0.4, -0.2) is 43.9 Å². The van der Waals surface area contributed by atoms with E-state index in [1.54, 1.807) is 12.5 Å². The molecule has 2 aromatic heterocycles. The Hall–Kier alpha value is -1.69. The second kappa shape index (κ2) is 3.96. The molecule has 1 aliphatic rings. The van der Waals surface area contributed by atoms with Gasteiger partial charge in [0.1, 0.15) is 6.33 Å². The molecular formula is C11H15N5O. The number of rotatable bonds is 1. The predicted octanol–water partition coefficient (Wildman–Crippen LogP) is 0.331. The van der Waals surface area contributed by atoms with Crippen molar-refractivity contribution in [3.05, 3.63) is 18.7 Å². The fourth-order valence-electron chi connectivity index (χ4n) is 2.29. The van der Waals surface area contributed by atoms with Crippen molar-refractivity contribution in [1.29, 1.82) is 0 Å². The summed E-state index contributed by atoms with van der Waals surface area (Å²) in [5.41, 5.74) is 0.774. The molecule has 6 heteroatoms. The zero-order valence-corrected chi connectivity index (χ0v) is 9.69. The second-order valence-electron chi connectivity index (χ2n) is 4.59. The number of aliphatic hydroxyl groups excluding tert-OH is 1. The van der Waals surface area contributed by atoms with E-state index in [2.05, 4.69) is 27.0 Å². The second-order valence-corrected chi connectivity index (χ2v) is 4.59. The SMILES string of the molecule is CC1CN(c2nccn3cnnc23)CCC1O. The van der Waals surface area contributed by atoms with Gasteiger partial charge in [0.15, 0.2) is 5.82 Å². The van der Waals surface area contributed by atoms with Crippen molar-refractivity contribution in [2.45, 2.75) is 19.4 Å². The normalized spacial score (nSPS) is 25.4. The van der Waals surface area contributed by atoms with Gasteiger partial charge in [0.05, 0.1) is 6.10 Å². The molecule has 3 rings (SSSR count). The van der Waals surface area contributed by atoms with Crippen molar-refractivity contribution in [3.8, 4) is 0 Å². The van der Waals surface area contributed by atoms with E-state index >= 15 is 0 Å². The van der Waals surface area contributed by atoms with Gasteiger partial charge in [0.2, 0.25) is 5.65 Å². The molecule has 0 amide bonds. The van der Waals surface area contributed by atoms with Crippen molar-refractivity contribution < 1.29 is 5.11 Å². The van der Waals surface area contributed by atoms with Crippen LogP contribution < -0.4 is 4.90 Å². The van der Waals surface area contributed by atoms with Crippen LogP contribution in [0.4, 0.5) is 5.82 Å². The third kappa shape index (κ3) is 1.74. The summed E-state index contributed by atoms with van der Waals surface area (Å²) < 4.78 is 1.86. The topological polar surface area (TPSA) is 66.6 Å². The van der Waals surface area contributed by atoms with E-state index in [4.69, 9.17) is 0 Å². The Kier molecular flexibility index (Phi) is 2.44. The Balaban J connectivity index is 1.96. The van der Waals surface area contributed by atoms with Gasteiger partial charge >= 0.3 is 0 Å². The van der Waals surface area contributed by atoms with Gasteiger partial charge in [-0.05, 0) is 12.3 Å². The first-order valence-corrected chi connectivity index (χ1v) is 5.83. The van der Waals surface area contributed by atoms with Crippen LogP contribution in [0, 0.1) is 5.92 Å². The maximum atomic E-state index is 9.74. The molecule has 0 radical (unpaired) electrons. The summed E-state index contributed by atoms with van der Waals surface area (Å²) in [5, 5.41) is 17.7. The average Bonchev–Trinajstić information content (AvgIpc) is 2.80. The van der Waals surface area contributed by atoms with Crippen molar-refractivity contribution >= 4 is 11.5 Å². The Morgan fingerprint density at radius 3 is 3.18 bits per heavy atom. The molecule has 90 valence electrons. The van der Waals surface area contributed by atoms with Crippen molar-refractivity contribution in [2.24, 2.45) is 5.92 Å². The standard InChI is InChI=1S/C11H15N5O/c1-8-6-15(4-2-9(8)17)10-11-14-13-7-16(11)5-3-12-10/h3,5,7-9,17H,2,4,6H2,1H3. The number of anilines is 1. The van der Waals surface area contributed by atoms with E-state index in [1.165, 1.54) is 0 Å². The lowest BCUT2D eigenvalue weighted by atomic mass is 9.97. The van der Waals surface area contributed by atoms with Crippen LogP contribution >= 0.6 is 0 Å². The van der Waals surface area contributed by atoms with Crippen LogP contribution in [-0.2, 0) is 0 Å². The number of hydrogen-bond acceptors (Lipinski definition) is 5. The van der Waals surface area contributed by atoms with Crippen LogP contribution in [0.3, 0.4) is 0 Å². The molecule has 0 aromatic carbocycles. The first kappa shape index (κ1) is 10.5. The molecular weight excluding hydrogens is 218 g/mol. The Labute approximate surface area is 98.9 Å². The number of nitrogens with zero attached hydrogens (tertiary/aromatic N) is 5. The van der Waals surface area contributed by atoms with Crippen molar-refractivity contribution in [1.82, 2.24) is 19.6 Å². The summed E-state index contributed by atoms with van der Waals surface area (Å²) in [5.74, 6) is 1.11. The zero-order valence-electron chi connectivity index (χ0n) is 9.69. The summed E-state index contributed by atoms with van der Waals surface area (Å²) in [6.45, 7) is 3.67. The minimum absolute atomic E-state index is 0.205. The first-order valence-electron chi connectivity index (χ1n) is 5.83. The van der Waals surface area contributed by atoms with Crippen LogP contribution in [0.5, 0.6) is 0 Å². The van der Waals surface area contributed by atoms with Gasteiger partial charge in [0.25, 0.3) is 0 Å². The molecule has 0 saturated carbocycles. The highest BCUT2D eigenvalue weighted by Crippen LogP contribution is 2.23. The highest BCUT2D eigenvalue weighted by Gasteiger charge is 2.26. The quantitative estimate of drug-likeness (QED) is 0.769. The van der Waals surface area contributed by atoms with Crippen molar-refractivity contribution in [3.63, 3.8) is 0 Å². The van der Waals surface area contributed by atoms with E-state index in [9.17, 15) is 5.11 Å². The molecule has 2 atom stereocenters. The fourth-order valence-corrected chi connectivity index (χ4v) is 2.29. The number of piperidine rings is 1. The monoisotopic (exact) mass is 233 g/mol. The molecule has 0 bridgehead atoms. The van der Waals surface area contributed by atoms with Gasteiger partial charge in [-0.25, -0.2) is 4.98 Å². The van der Waals surface area contributed by atoms with E-state index in [0.717, 1.165) is 31.0 Å². The summed E-state index contributed by atoms with van der Waals surface area (Å²) in [6.07, 6.45) is 5.83. The molecule has 2 aromatic rings. The summed E-state index contributed by atoms with van der Waals surface area (Å²) in [7, 11) is 0. The minimum Gasteiger partial charge on any atom is -0.393 e. The molecule has 17 heavy (non-hydrogen) atoms. The lowest BCUT2D eigenvalue weighted by molar-refractivity contribution is 0.0969. The lowest BCUT2D eigenvalue weighted by Gasteiger charge is -2.34. The Bertz CT molecular complexity index is 525. The Morgan fingerprint density at radius 1 is 1.47 bits per heavy atom. The van der Waals surface area contributed by atoms with E-state index in [0.29, 0.717) is 0 Å². The largest absolute Gasteiger partial charge is 0.393 e. The molecule has 1 saturated heterocycles. The number of aliphatic hydroxyl groups is 1. The molecule has 3 heterocycles. The molecule has 1 fully saturated rings. The maximum Gasteiger partial charge on any atom is 0.203 e. The molecule has 2 unspecified atom stereocenters. The van der Waals surface area contributed by atoms with Crippen LogP contribution in [0.25, 0.3) is 5.65 Å². The highest BCUT2D eigenvalue weighted by atomic mass is 16.3. The third-order valence-electron chi connectivity index (χ3n) is 3.36. The van der Waals surface area contributed by atoms with E-state index in [1.807, 2.05) is 10.6 Å². The number of hydrogen-bond donors (Lipinski definition) is 1. The number of aromatic nitrogens is 4. The van der Waals surface area contributed by atoms with Gasteiger partial charge in [-0.1, -0.05) is 6.92 Å². The fraction of sp³-hybridized carbons (Fsp3) is 0.545. The summed E-state index contributed by atoms with van der Waals surface area (Å²) in [6, 6.07) is 0. The van der Waals surface area contributed by atoms with Crippen LogP contribution in [0.15, 0.2) is 18.7 Å². The van der Waals surface area contributed by atoms with Crippen LogP contribution in [0.1, 0.15) is 13.3 Å². The third-order valence-corrected chi connectivity index (χ3v) is 3.36. The minimum atomic E-state index is -0.205. The molecule has 0 aliphatic carbocycles. The van der Waals surface area contributed by atoms with Gasteiger partial charge in [-0.3, -0.25) is 4.40 Å². The maximum absolute atomic E-state index is 9.74. The van der Waals surface area contributed by atoms with E-state index in [-0.39, 0.29) is 12.0 Å². The Morgan fingerprint density at radius 2 is 2.35 bits per heavy atom. The van der Waals surface area contributed by atoms with Gasteiger partial charge < -0.3 is 10.0 Å². The lowest BCUT2D eigenvalue weighted by Crippen LogP contribution is -2.42. The highest BCUT2D eigenvalue weighted by molar-refractivity contribution is 5.63. The molecule has 1 aliphatic heterocycles.